The number of H-pyrrole nitrogens is 1. The molecule has 192 valence electrons. The molecule has 0 radical (unpaired) electrons. The lowest BCUT2D eigenvalue weighted by Gasteiger charge is -2.37. The number of nitrogens with one attached hydrogen (secondary N) is 1. The number of fused-ring (bicyclic) bond motifs is 4. The minimum absolute atomic E-state index is 0.184. The molecule has 0 unspecified atom stereocenters. The zero-order valence-electron chi connectivity index (χ0n) is 21.1. The van der Waals surface area contributed by atoms with Crippen LogP contribution in [0.3, 0.4) is 0 Å². The number of hydrogen-bond donors (Lipinski definition) is 1. The summed E-state index contributed by atoms with van der Waals surface area (Å²) in [5.74, 6) is 0.0680. The number of carbonyl (C=O) groups excluding carboxylic acids is 2. The van der Waals surface area contributed by atoms with E-state index < -0.39 is 18.1 Å². The van der Waals surface area contributed by atoms with Crippen LogP contribution in [0.25, 0.3) is 10.9 Å². The van der Waals surface area contributed by atoms with Gasteiger partial charge < -0.3 is 19.4 Å². The molecule has 6 rings (SSSR count). The van der Waals surface area contributed by atoms with Crippen LogP contribution in [0.15, 0.2) is 78.9 Å². The molecule has 0 aliphatic carbocycles. The molecule has 3 aromatic carbocycles. The van der Waals surface area contributed by atoms with Gasteiger partial charge in [-0.25, -0.2) is 4.79 Å². The normalized spacial score (nSPS) is 19.3. The van der Waals surface area contributed by atoms with Crippen LogP contribution in [-0.2, 0) is 27.2 Å². The van der Waals surface area contributed by atoms with E-state index in [1.165, 1.54) is 12.0 Å². The highest BCUT2D eigenvalue weighted by Gasteiger charge is 2.53. The molecule has 7 nitrogen and oxygen atoms in total. The Bertz CT molecular complexity index is 1530. The van der Waals surface area contributed by atoms with Crippen molar-refractivity contribution in [1.82, 2.24) is 14.8 Å². The molecule has 3 atom stereocenters. The van der Waals surface area contributed by atoms with Crippen molar-refractivity contribution in [3.8, 4) is 5.75 Å². The molecule has 38 heavy (non-hydrogen) atoms. The molecule has 1 N–H and O–H groups in total. The average Bonchev–Trinajstić information content (AvgIpc) is 3.45. The lowest BCUT2D eigenvalue weighted by atomic mass is 9.89. The molecular formula is C30H27N3O4S. The van der Waals surface area contributed by atoms with Gasteiger partial charge >= 0.3 is 5.97 Å². The van der Waals surface area contributed by atoms with Gasteiger partial charge in [-0.15, -0.1) is 0 Å². The van der Waals surface area contributed by atoms with Crippen LogP contribution < -0.4 is 4.74 Å². The molecule has 0 bridgehead atoms. The predicted molar refractivity (Wildman–Crippen MR) is 148 cm³/mol. The molecule has 1 saturated heterocycles. The van der Waals surface area contributed by atoms with Gasteiger partial charge in [0.1, 0.15) is 17.8 Å². The highest BCUT2D eigenvalue weighted by atomic mass is 32.1. The number of nitrogens with zero attached hydrogens (tertiary/aromatic N) is 2. The molecule has 1 fully saturated rings. The van der Waals surface area contributed by atoms with E-state index >= 15 is 0 Å². The molecule has 0 saturated carbocycles. The highest BCUT2D eigenvalue weighted by Crippen LogP contribution is 2.45. The van der Waals surface area contributed by atoms with Crippen LogP contribution in [0.1, 0.15) is 28.4 Å². The maximum absolute atomic E-state index is 14.1. The molecule has 2 aliphatic heterocycles. The molecule has 1 amide bonds. The molecule has 8 heteroatoms. The number of ether oxygens (including phenoxy) is 2. The van der Waals surface area contributed by atoms with Gasteiger partial charge in [-0.05, 0) is 47.1 Å². The van der Waals surface area contributed by atoms with Gasteiger partial charge in [0.15, 0.2) is 5.11 Å². The number of benzene rings is 3. The first-order chi connectivity index (χ1) is 18.5. The third-order valence-corrected chi connectivity index (χ3v) is 7.98. The third-order valence-electron chi connectivity index (χ3n) is 7.57. The van der Waals surface area contributed by atoms with Crippen molar-refractivity contribution in [2.45, 2.75) is 31.0 Å². The maximum atomic E-state index is 14.1. The van der Waals surface area contributed by atoms with Gasteiger partial charge in [0, 0.05) is 29.4 Å². The molecule has 4 aromatic rings. The Morgan fingerprint density at radius 2 is 1.74 bits per heavy atom. The quantitative estimate of drug-likeness (QED) is 0.297. The minimum atomic E-state index is -0.861. The highest BCUT2D eigenvalue weighted by molar-refractivity contribution is 7.80. The van der Waals surface area contributed by atoms with E-state index in [0.717, 1.165) is 39.0 Å². The molecular weight excluding hydrogens is 498 g/mol. The number of aromatic amines is 1. The molecule has 2 aliphatic rings. The van der Waals surface area contributed by atoms with E-state index in [2.05, 4.69) is 11.1 Å². The number of esters is 1. The van der Waals surface area contributed by atoms with E-state index in [-0.39, 0.29) is 11.9 Å². The summed E-state index contributed by atoms with van der Waals surface area (Å²) in [5.41, 5.74) is 5.01. The topological polar surface area (TPSA) is 74.9 Å². The Balaban J connectivity index is 1.47. The van der Waals surface area contributed by atoms with E-state index in [9.17, 15) is 9.59 Å². The summed E-state index contributed by atoms with van der Waals surface area (Å²) in [4.78, 5) is 34.2. The summed E-state index contributed by atoms with van der Waals surface area (Å²) >= 11 is 6.00. The van der Waals surface area contributed by atoms with Crippen molar-refractivity contribution in [3.63, 3.8) is 0 Å². The van der Waals surface area contributed by atoms with E-state index in [1.807, 2.05) is 77.7 Å². The van der Waals surface area contributed by atoms with Crippen molar-refractivity contribution in [3.05, 3.63) is 101 Å². The second-order valence-corrected chi connectivity index (χ2v) is 9.95. The Kier molecular flexibility index (Phi) is 6.12. The predicted octanol–water partition coefficient (Wildman–Crippen LogP) is 4.40. The number of thiocarbonyl (C=S) groups is 1. The first-order valence-corrected chi connectivity index (χ1v) is 12.9. The third kappa shape index (κ3) is 3.83. The van der Waals surface area contributed by atoms with Crippen molar-refractivity contribution in [2.24, 2.45) is 0 Å². The Hall–Kier alpha value is -4.17. The van der Waals surface area contributed by atoms with Crippen LogP contribution >= 0.6 is 12.2 Å². The van der Waals surface area contributed by atoms with Crippen LogP contribution in [0.5, 0.6) is 5.75 Å². The van der Waals surface area contributed by atoms with Crippen LogP contribution in [0.2, 0.25) is 0 Å². The number of para-hydroxylation sites is 1. The second-order valence-electron chi connectivity index (χ2n) is 9.59. The number of methoxy groups -OCH3 is 2. The first kappa shape index (κ1) is 24.2. The minimum Gasteiger partial charge on any atom is -0.497 e. The van der Waals surface area contributed by atoms with Crippen LogP contribution in [0, 0.1) is 0 Å². The first-order valence-electron chi connectivity index (χ1n) is 12.5. The number of aromatic nitrogens is 1. The number of rotatable bonds is 6. The van der Waals surface area contributed by atoms with Crippen LogP contribution in [-0.4, -0.2) is 58.1 Å². The van der Waals surface area contributed by atoms with Crippen molar-refractivity contribution in [2.75, 3.05) is 14.2 Å². The number of carbonyl (C=O) groups is 2. The SMILES string of the molecule is COC(=O)[C@H](Cc1ccccc1)N1C(=O)[C@@H]2Cc3c([nH]c4ccccc34)[C@@H](c3ccc(OC)cc3)N2C1=S. The smallest absolute Gasteiger partial charge is 0.329 e. The fourth-order valence-electron chi connectivity index (χ4n) is 5.77. The fraction of sp³-hybridized carbons (Fsp3) is 0.233. The molecule has 3 heterocycles. The zero-order chi connectivity index (χ0) is 26.4. The molecule has 1 aromatic heterocycles. The Morgan fingerprint density at radius 1 is 1.03 bits per heavy atom. The Morgan fingerprint density at radius 3 is 2.45 bits per heavy atom. The standard InChI is InChI=1S/C30H27N3O4S/c1-36-20-14-12-19(13-15-20)27-26-22(21-10-6-7-11-23(21)31-26)17-24-28(34)33(30(38)32(24)27)25(29(35)37-2)16-18-8-4-3-5-9-18/h3-15,24-25,27,31H,16-17H2,1-2H3/t24-,25-,27+/m0/s1. The lowest BCUT2D eigenvalue weighted by Crippen LogP contribution is -2.47. The summed E-state index contributed by atoms with van der Waals surface area (Å²) in [6.45, 7) is 0. The number of hydrogen-bond acceptors (Lipinski definition) is 5. The van der Waals surface area contributed by atoms with Gasteiger partial charge in [-0.3, -0.25) is 9.69 Å². The monoisotopic (exact) mass is 525 g/mol. The van der Waals surface area contributed by atoms with Gasteiger partial charge in [-0.1, -0.05) is 60.7 Å². The summed E-state index contributed by atoms with van der Waals surface area (Å²) in [6.07, 6.45) is 0.794. The van der Waals surface area contributed by atoms with Crippen LogP contribution in [0.4, 0.5) is 0 Å². The van der Waals surface area contributed by atoms with Gasteiger partial charge in [0.25, 0.3) is 5.91 Å². The van der Waals surface area contributed by atoms with E-state index in [1.54, 1.807) is 7.11 Å². The average molecular weight is 526 g/mol. The Labute approximate surface area is 226 Å². The van der Waals surface area contributed by atoms with E-state index in [0.29, 0.717) is 18.0 Å². The van der Waals surface area contributed by atoms with Crippen molar-refractivity contribution in [1.29, 1.82) is 0 Å². The lowest BCUT2D eigenvalue weighted by molar-refractivity contribution is -0.149. The van der Waals surface area contributed by atoms with Crippen molar-refractivity contribution >= 4 is 40.1 Å². The summed E-state index contributed by atoms with van der Waals surface area (Å²) in [5, 5.41) is 1.42. The summed E-state index contributed by atoms with van der Waals surface area (Å²) in [7, 11) is 2.97. The summed E-state index contributed by atoms with van der Waals surface area (Å²) < 4.78 is 10.5. The number of amides is 1. The van der Waals surface area contributed by atoms with Gasteiger partial charge in [0.05, 0.1) is 20.3 Å². The fourth-order valence-corrected chi connectivity index (χ4v) is 6.22. The molecule has 0 spiro atoms. The van der Waals surface area contributed by atoms with Gasteiger partial charge in [-0.2, -0.15) is 0 Å². The van der Waals surface area contributed by atoms with E-state index in [4.69, 9.17) is 21.7 Å². The largest absolute Gasteiger partial charge is 0.497 e. The second kappa shape index (κ2) is 9.61. The van der Waals surface area contributed by atoms with Gasteiger partial charge in [0.2, 0.25) is 0 Å². The maximum Gasteiger partial charge on any atom is 0.329 e. The summed E-state index contributed by atoms with van der Waals surface area (Å²) in [6, 6.07) is 23.8. The van der Waals surface area contributed by atoms with Crippen molar-refractivity contribution < 1.29 is 19.1 Å². The zero-order valence-corrected chi connectivity index (χ0v) is 21.9.